The third-order valence-electron chi connectivity index (χ3n) is 4.42. The number of halogens is 1. The van der Waals surface area contributed by atoms with Crippen molar-refractivity contribution in [2.24, 2.45) is 4.40 Å². The minimum atomic E-state index is -3.92. The van der Waals surface area contributed by atoms with Crippen LogP contribution < -0.4 is 20.3 Å². The zero-order valence-corrected chi connectivity index (χ0v) is 17.8. The maximum absolute atomic E-state index is 12.7. The molecule has 30 heavy (non-hydrogen) atoms. The molecular weight excluding hydrogens is 424 g/mol. The Morgan fingerprint density at radius 3 is 2.37 bits per heavy atom. The van der Waals surface area contributed by atoms with Crippen LogP contribution in [0.15, 0.2) is 76.0 Å². The fourth-order valence-corrected chi connectivity index (χ4v) is 4.19. The van der Waals surface area contributed by atoms with E-state index >= 15 is 0 Å². The summed E-state index contributed by atoms with van der Waals surface area (Å²) in [5.74, 6) is 0.819. The van der Waals surface area contributed by atoms with Crippen molar-refractivity contribution in [3.63, 3.8) is 0 Å². The smallest absolute Gasteiger partial charge is 0.287 e. The number of sulfonamides is 1. The molecule has 1 aliphatic rings. The van der Waals surface area contributed by atoms with E-state index in [4.69, 9.17) is 16.3 Å². The summed E-state index contributed by atoms with van der Waals surface area (Å²) in [5.41, 5.74) is 2.00. The summed E-state index contributed by atoms with van der Waals surface area (Å²) in [4.78, 5) is 2.00. The molecule has 4 rings (SSSR count). The monoisotopic (exact) mass is 442 g/mol. The predicted molar refractivity (Wildman–Crippen MR) is 121 cm³/mol. The molecule has 0 amide bonds. The van der Waals surface area contributed by atoms with Crippen LogP contribution in [-0.2, 0) is 10.0 Å². The van der Waals surface area contributed by atoms with Crippen molar-refractivity contribution in [3.05, 3.63) is 71.8 Å². The molecule has 0 fully saturated rings. The third kappa shape index (κ3) is 4.05. The standard InChI is InChI=1S/C21H19ClN4O3S/c1-26(2)15-12-10-14(11-13-15)23-21-24-20-18(29-17-7-4-3-6-16(17)22)8-5-9-19(20)30(27,28)25-21/h3-13H,1-2H3,(H2,23,24,25). The Morgan fingerprint density at radius 2 is 1.67 bits per heavy atom. The van der Waals surface area contributed by atoms with Crippen LogP contribution in [0, 0.1) is 0 Å². The maximum Gasteiger partial charge on any atom is 0.287 e. The van der Waals surface area contributed by atoms with Crippen LogP contribution in [0.1, 0.15) is 0 Å². The molecule has 0 spiro atoms. The molecule has 0 atom stereocenters. The van der Waals surface area contributed by atoms with E-state index in [1.165, 1.54) is 6.07 Å². The lowest BCUT2D eigenvalue weighted by molar-refractivity contribution is 0.483. The number of benzene rings is 3. The van der Waals surface area contributed by atoms with Crippen molar-refractivity contribution in [1.82, 2.24) is 0 Å². The second-order valence-corrected chi connectivity index (χ2v) is 8.75. The van der Waals surface area contributed by atoms with Gasteiger partial charge >= 0.3 is 0 Å². The van der Waals surface area contributed by atoms with Crippen molar-refractivity contribution < 1.29 is 13.2 Å². The van der Waals surface area contributed by atoms with E-state index in [0.29, 0.717) is 27.9 Å². The number of nitrogens with one attached hydrogen (secondary N) is 2. The van der Waals surface area contributed by atoms with Crippen LogP contribution in [0.4, 0.5) is 17.1 Å². The molecule has 154 valence electrons. The van der Waals surface area contributed by atoms with Crippen LogP contribution in [0.5, 0.6) is 11.5 Å². The van der Waals surface area contributed by atoms with Gasteiger partial charge in [-0.2, -0.15) is 8.42 Å². The van der Waals surface area contributed by atoms with Gasteiger partial charge in [-0.1, -0.05) is 29.8 Å². The van der Waals surface area contributed by atoms with Crippen LogP contribution in [0.3, 0.4) is 0 Å². The average Bonchev–Trinajstić information content (AvgIpc) is 2.70. The summed E-state index contributed by atoms with van der Waals surface area (Å²) in [6.07, 6.45) is 0. The first-order valence-electron chi connectivity index (χ1n) is 9.05. The van der Waals surface area contributed by atoms with Gasteiger partial charge in [0.05, 0.1) is 5.02 Å². The first-order chi connectivity index (χ1) is 14.3. The molecule has 0 saturated carbocycles. The van der Waals surface area contributed by atoms with E-state index in [9.17, 15) is 8.42 Å². The highest BCUT2D eigenvalue weighted by molar-refractivity contribution is 7.90. The highest BCUT2D eigenvalue weighted by atomic mass is 35.5. The Bertz CT molecular complexity index is 1230. The van der Waals surface area contributed by atoms with Crippen LogP contribution in [-0.4, -0.2) is 28.5 Å². The fourth-order valence-electron chi connectivity index (χ4n) is 2.92. The summed E-state index contributed by atoms with van der Waals surface area (Å²) < 4.78 is 35.2. The second-order valence-electron chi connectivity index (χ2n) is 6.77. The molecule has 1 heterocycles. The van der Waals surface area contributed by atoms with Gasteiger partial charge in [0.2, 0.25) is 5.96 Å². The summed E-state index contributed by atoms with van der Waals surface area (Å²) in [6.45, 7) is 0. The molecule has 2 N–H and O–H groups in total. The van der Waals surface area contributed by atoms with Crippen molar-refractivity contribution in [2.45, 2.75) is 4.90 Å². The molecule has 0 unspecified atom stereocenters. The lowest BCUT2D eigenvalue weighted by atomic mass is 10.2. The normalized spacial score (nSPS) is 14.2. The molecule has 0 radical (unpaired) electrons. The molecule has 3 aromatic rings. The zero-order valence-electron chi connectivity index (χ0n) is 16.3. The third-order valence-corrected chi connectivity index (χ3v) is 6.05. The molecule has 9 heteroatoms. The molecule has 0 saturated heterocycles. The van der Waals surface area contributed by atoms with Crippen molar-refractivity contribution in [1.29, 1.82) is 0 Å². The Balaban J connectivity index is 1.65. The number of ether oxygens (including phenoxy) is 1. The molecule has 0 bridgehead atoms. The number of guanidine groups is 1. The zero-order chi connectivity index (χ0) is 21.3. The molecule has 0 aromatic heterocycles. The first kappa shape index (κ1) is 20.1. The van der Waals surface area contributed by atoms with Gasteiger partial charge < -0.3 is 20.3 Å². The topological polar surface area (TPSA) is 83.0 Å². The fraction of sp³-hybridized carbons (Fsp3) is 0.0952. The molecular formula is C21H19ClN4O3S. The minimum Gasteiger partial charge on any atom is -0.454 e. The lowest BCUT2D eigenvalue weighted by Crippen LogP contribution is -2.28. The van der Waals surface area contributed by atoms with Gasteiger partial charge in [-0.05, 0) is 48.5 Å². The summed E-state index contributed by atoms with van der Waals surface area (Å²) >= 11 is 6.18. The Labute approximate surface area is 180 Å². The summed E-state index contributed by atoms with van der Waals surface area (Å²) in [7, 11) is -0.0287. The number of hydrogen-bond acceptors (Lipinski definition) is 6. The minimum absolute atomic E-state index is 0.0283. The van der Waals surface area contributed by atoms with Gasteiger partial charge in [0.25, 0.3) is 10.0 Å². The van der Waals surface area contributed by atoms with Gasteiger partial charge in [0.15, 0.2) is 5.75 Å². The first-order valence-corrected chi connectivity index (χ1v) is 10.9. The van der Waals surface area contributed by atoms with Crippen molar-refractivity contribution in [2.75, 3.05) is 29.6 Å². The Morgan fingerprint density at radius 1 is 0.967 bits per heavy atom. The second kappa shape index (κ2) is 7.89. The highest BCUT2D eigenvalue weighted by Crippen LogP contribution is 2.39. The van der Waals surface area contributed by atoms with Gasteiger partial charge in [-0.25, -0.2) is 0 Å². The van der Waals surface area contributed by atoms with Gasteiger partial charge in [-0.15, -0.1) is 4.40 Å². The Kier molecular flexibility index (Phi) is 5.27. The summed E-state index contributed by atoms with van der Waals surface area (Å²) in [5, 5.41) is 6.45. The van der Waals surface area contributed by atoms with Crippen molar-refractivity contribution >= 4 is 44.6 Å². The maximum atomic E-state index is 12.7. The molecule has 1 aliphatic heterocycles. The molecule has 7 nitrogen and oxygen atoms in total. The van der Waals surface area contributed by atoms with E-state index in [0.717, 1.165) is 5.69 Å². The molecule has 3 aromatic carbocycles. The van der Waals surface area contributed by atoms with Crippen LogP contribution in [0.2, 0.25) is 5.02 Å². The van der Waals surface area contributed by atoms with Crippen molar-refractivity contribution in [3.8, 4) is 11.5 Å². The number of hydrogen-bond donors (Lipinski definition) is 2. The number of fused-ring (bicyclic) bond motifs is 1. The number of anilines is 3. The van der Waals surface area contributed by atoms with E-state index in [1.54, 1.807) is 36.4 Å². The number of nitrogens with zero attached hydrogens (tertiary/aromatic N) is 2. The SMILES string of the molecule is CN(C)c1ccc(NC2=NS(=O)(=O)c3cccc(Oc4ccccc4Cl)c3N2)cc1. The van der Waals surface area contributed by atoms with E-state index < -0.39 is 10.0 Å². The largest absolute Gasteiger partial charge is 0.454 e. The Hall–Kier alpha value is -3.23. The highest BCUT2D eigenvalue weighted by Gasteiger charge is 2.28. The van der Waals surface area contributed by atoms with E-state index in [-0.39, 0.29) is 10.9 Å². The average molecular weight is 443 g/mol. The molecule has 0 aliphatic carbocycles. The van der Waals surface area contributed by atoms with E-state index in [1.807, 2.05) is 43.3 Å². The van der Waals surface area contributed by atoms with Crippen LogP contribution >= 0.6 is 11.6 Å². The number of para-hydroxylation sites is 2. The predicted octanol–water partition coefficient (Wildman–Crippen LogP) is 4.78. The van der Waals surface area contributed by atoms with E-state index in [2.05, 4.69) is 15.0 Å². The van der Waals surface area contributed by atoms with Crippen LogP contribution in [0.25, 0.3) is 0 Å². The quantitative estimate of drug-likeness (QED) is 0.605. The number of rotatable bonds is 4. The van der Waals surface area contributed by atoms with Gasteiger partial charge in [0.1, 0.15) is 16.3 Å². The van der Waals surface area contributed by atoms with Gasteiger partial charge in [-0.3, -0.25) is 0 Å². The van der Waals surface area contributed by atoms with Gasteiger partial charge in [0, 0.05) is 25.5 Å². The lowest BCUT2D eigenvalue weighted by Gasteiger charge is -2.22. The summed E-state index contributed by atoms with van der Waals surface area (Å²) in [6, 6.07) is 19.2.